The smallest absolute Gasteiger partial charge is 0.387 e. The van der Waals surface area contributed by atoms with Crippen molar-refractivity contribution in [2.45, 2.75) is 63.3 Å². The Morgan fingerprint density at radius 2 is 2.04 bits per heavy atom. The summed E-state index contributed by atoms with van der Waals surface area (Å²) in [4.78, 5) is 14.7. The van der Waals surface area contributed by atoms with Crippen LogP contribution in [0.15, 0.2) is 24.3 Å². The standard InChI is InChI=1S/C20H27F2N3O2/c21-20(22)27-18-8-4-3-7-17(18)25-10-9-14(12-25)23-19(26)16-11-13-5-1-2-6-15(13)24-16/h3-4,7-8,13-16,20,24H,1-2,5-6,9-12H2,(H,23,26). The number of ether oxygens (including phenoxy) is 1. The maximum Gasteiger partial charge on any atom is 0.387 e. The Balaban J connectivity index is 1.33. The summed E-state index contributed by atoms with van der Waals surface area (Å²) in [6.07, 6.45) is 6.65. The quantitative estimate of drug-likeness (QED) is 0.826. The van der Waals surface area contributed by atoms with Gasteiger partial charge in [0.15, 0.2) is 0 Å². The first-order chi connectivity index (χ1) is 13.1. The van der Waals surface area contributed by atoms with E-state index in [-0.39, 0.29) is 23.7 Å². The number of amides is 1. The number of halogens is 2. The van der Waals surface area contributed by atoms with E-state index < -0.39 is 6.61 Å². The van der Waals surface area contributed by atoms with Crippen LogP contribution in [0.4, 0.5) is 14.5 Å². The van der Waals surface area contributed by atoms with Gasteiger partial charge in [-0.05, 0) is 43.7 Å². The van der Waals surface area contributed by atoms with Gasteiger partial charge in [-0.3, -0.25) is 4.79 Å². The number of hydrogen-bond acceptors (Lipinski definition) is 4. The largest absolute Gasteiger partial charge is 0.433 e. The van der Waals surface area contributed by atoms with Crippen LogP contribution in [0.3, 0.4) is 0 Å². The zero-order valence-corrected chi connectivity index (χ0v) is 15.4. The minimum absolute atomic E-state index is 0.0292. The molecule has 2 N–H and O–H groups in total. The first kappa shape index (κ1) is 18.5. The molecule has 1 aromatic carbocycles. The second-order valence-electron chi connectivity index (χ2n) is 7.89. The van der Waals surface area contributed by atoms with Crippen LogP contribution in [0.2, 0.25) is 0 Å². The molecule has 0 bridgehead atoms. The second kappa shape index (κ2) is 8.00. The van der Waals surface area contributed by atoms with Gasteiger partial charge in [-0.15, -0.1) is 0 Å². The molecule has 2 saturated heterocycles. The number of benzene rings is 1. The minimum atomic E-state index is -2.85. The first-order valence-corrected chi connectivity index (χ1v) is 9.95. The molecule has 1 aromatic rings. The summed E-state index contributed by atoms with van der Waals surface area (Å²) in [6.45, 7) is -1.53. The average Bonchev–Trinajstić information content (AvgIpc) is 3.28. The van der Waals surface area contributed by atoms with E-state index >= 15 is 0 Å². The number of carbonyl (C=O) groups excluding carboxylic acids is 1. The van der Waals surface area contributed by atoms with Crippen molar-refractivity contribution in [3.8, 4) is 5.75 Å². The monoisotopic (exact) mass is 379 g/mol. The summed E-state index contributed by atoms with van der Waals surface area (Å²) in [5.41, 5.74) is 0.652. The highest BCUT2D eigenvalue weighted by atomic mass is 19.3. The van der Waals surface area contributed by atoms with Crippen molar-refractivity contribution in [3.63, 3.8) is 0 Å². The van der Waals surface area contributed by atoms with Crippen molar-refractivity contribution in [1.29, 1.82) is 0 Å². The van der Waals surface area contributed by atoms with Crippen LogP contribution in [-0.4, -0.2) is 43.7 Å². The van der Waals surface area contributed by atoms with E-state index in [4.69, 9.17) is 0 Å². The van der Waals surface area contributed by atoms with Crippen LogP contribution < -0.4 is 20.3 Å². The Morgan fingerprint density at radius 3 is 2.85 bits per heavy atom. The third kappa shape index (κ3) is 4.18. The number of carbonyl (C=O) groups is 1. The molecule has 4 atom stereocenters. The molecule has 2 aliphatic heterocycles. The van der Waals surface area contributed by atoms with E-state index in [0.29, 0.717) is 30.7 Å². The molecule has 5 nitrogen and oxygen atoms in total. The topological polar surface area (TPSA) is 53.6 Å². The third-order valence-electron chi connectivity index (χ3n) is 6.14. The summed E-state index contributed by atoms with van der Waals surface area (Å²) in [6, 6.07) is 7.25. The third-order valence-corrected chi connectivity index (χ3v) is 6.14. The van der Waals surface area contributed by atoms with E-state index in [1.807, 2.05) is 11.0 Å². The summed E-state index contributed by atoms with van der Waals surface area (Å²) < 4.78 is 29.9. The van der Waals surface area contributed by atoms with Gasteiger partial charge in [-0.25, -0.2) is 0 Å². The molecule has 0 aromatic heterocycles. The molecule has 3 aliphatic rings. The number of nitrogens with zero attached hydrogens (tertiary/aromatic N) is 1. The number of anilines is 1. The van der Waals surface area contributed by atoms with Gasteiger partial charge in [0.1, 0.15) is 5.75 Å². The van der Waals surface area contributed by atoms with Gasteiger partial charge < -0.3 is 20.3 Å². The summed E-state index contributed by atoms with van der Waals surface area (Å²) >= 11 is 0. The maximum absolute atomic E-state index is 12.7. The SMILES string of the molecule is O=C(NC1CCN(c2ccccc2OC(F)F)C1)C1CC2CCCCC2N1. The molecule has 1 aliphatic carbocycles. The van der Waals surface area contributed by atoms with Gasteiger partial charge in [0.05, 0.1) is 11.7 Å². The highest BCUT2D eigenvalue weighted by molar-refractivity contribution is 5.82. The number of fused-ring (bicyclic) bond motifs is 1. The molecular formula is C20H27F2N3O2. The van der Waals surface area contributed by atoms with E-state index in [1.165, 1.54) is 25.7 Å². The molecule has 4 rings (SSSR count). The lowest BCUT2D eigenvalue weighted by Gasteiger charge is -2.24. The van der Waals surface area contributed by atoms with Crippen molar-refractivity contribution in [2.75, 3.05) is 18.0 Å². The molecule has 4 unspecified atom stereocenters. The van der Waals surface area contributed by atoms with Crippen LogP contribution in [0.5, 0.6) is 5.75 Å². The van der Waals surface area contributed by atoms with Crippen LogP contribution in [0.25, 0.3) is 0 Å². The Labute approximate surface area is 158 Å². The van der Waals surface area contributed by atoms with Gasteiger partial charge >= 0.3 is 6.61 Å². The predicted octanol–water partition coefficient (Wildman–Crippen LogP) is 2.90. The van der Waals surface area contributed by atoms with Crippen molar-refractivity contribution < 1.29 is 18.3 Å². The second-order valence-corrected chi connectivity index (χ2v) is 7.89. The maximum atomic E-state index is 12.7. The van der Waals surface area contributed by atoms with Crippen molar-refractivity contribution in [3.05, 3.63) is 24.3 Å². The molecule has 2 heterocycles. The number of para-hydroxylation sites is 2. The number of hydrogen-bond donors (Lipinski definition) is 2. The predicted molar refractivity (Wildman–Crippen MR) is 99.1 cm³/mol. The molecule has 0 spiro atoms. The van der Waals surface area contributed by atoms with Crippen LogP contribution in [0.1, 0.15) is 38.5 Å². The number of alkyl halides is 2. The molecule has 1 saturated carbocycles. The fourth-order valence-corrected chi connectivity index (χ4v) is 4.83. The Kier molecular flexibility index (Phi) is 5.48. The van der Waals surface area contributed by atoms with Crippen LogP contribution >= 0.6 is 0 Å². The van der Waals surface area contributed by atoms with Crippen molar-refractivity contribution >= 4 is 11.6 Å². The number of rotatable bonds is 5. The zero-order chi connectivity index (χ0) is 18.8. The lowest BCUT2D eigenvalue weighted by atomic mass is 9.85. The Bertz CT molecular complexity index is 658. The highest BCUT2D eigenvalue weighted by Gasteiger charge is 2.39. The Hall–Kier alpha value is -1.89. The van der Waals surface area contributed by atoms with Crippen molar-refractivity contribution in [1.82, 2.24) is 10.6 Å². The van der Waals surface area contributed by atoms with Gasteiger partial charge in [-0.1, -0.05) is 25.0 Å². The molecule has 3 fully saturated rings. The summed E-state index contributed by atoms with van der Waals surface area (Å²) in [5, 5.41) is 6.67. The fourth-order valence-electron chi connectivity index (χ4n) is 4.83. The molecule has 7 heteroatoms. The van der Waals surface area contributed by atoms with E-state index in [9.17, 15) is 13.6 Å². The van der Waals surface area contributed by atoms with Gasteiger partial charge in [0.25, 0.3) is 0 Å². The van der Waals surface area contributed by atoms with Crippen LogP contribution in [0, 0.1) is 5.92 Å². The molecular weight excluding hydrogens is 352 g/mol. The van der Waals surface area contributed by atoms with E-state index in [0.717, 1.165) is 12.8 Å². The van der Waals surface area contributed by atoms with E-state index in [1.54, 1.807) is 18.2 Å². The molecule has 1 amide bonds. The lowest BCUT2D eigenvalue weighted by Crippen LogP contribution is -2.47. The number of nitrogens with one attached hydrogen (secondary N) is 2. The van der Waals surface area contributed by atoms with E-state index in [2.05, 4.69) is 15.4 Å². The average molecular weight is 379 g/mol. The van der Waals surface area contributed by atoms with Gasteiger partial charge in [0.2, 0.25) is 5.91 Å². The van der Waals surface area contributed by atoms with Crippen molar-refractivity contribution in [2.24, 2.45) is 5.92 Å². The molecule has 148 valence electrons. The zero-order valence-electron chi connectivity index (χ0n) is 15.4. The molecule has 0 radical (unpaired) electrons. The normalized spacial score (nSPS) is 30.4. The first-order valence-electron chi connectivity index (χ1n) is 9.95. The molecule has 27 heavy (non-hydrogen) atoms. The summed E-state index contributed by atoms with van der Waals surface area (Å²) in [5.74, 6) is 0.891. The summed E-state index contributed by atoms with van der Waals surface area (Å²) in [7, 11) is 0. The van der Waals surface area contributed by atoms with Gasteiger partial charge in [-0.2, -0.15) is 8.78 Å². The highest BCUT2D eigenvalue weighted by Crippen LogP contribution is 2.34. The van der Waals surface area contributed by atoms with Gasteiger partial charge in [0, 0.05) is 25.2 Å². The fraction of sp³-hybridized carbons (Fsp3) is 0.650. The van der Waals surface area contributed by atoms with Crippen LogP contribution in [-0.2, 0) is 4.79 Å². The minimum Gasteiger partial charge on any atom is -0.433 e. The lowest BCUT2D eigenvalue weighted by molar-refractivity contribution is -0.123. The Morgan fingerprint density at radius 1 is 1.22 bits per heavy atom.